The third kappa shape index (κ3) is 4.06. The molecule has 1 saturated heterocycles. The van der Waals surface area contributed by atoms with Crippen LogP contribution in [0.25, 0.3) is 0 Å². The van der Waals surface area contributed by atoms with Gasteiger partial charge in [0.15, 0.2) is 9.84 Å². The van der Waals surface area contributed by atoms with Crippen LogP contribution in [-0.2, 0) is 14.6 Å². The van der Waals surface area contributed by atoms with Gasteiger partial charge in [0, 0.05) is 6.61 Å². The Morgan fingerprint density at radius 1 is 1.38 bits per heavy atom. The molecule has 1 heterocycles. The van der Waals surface area contributed by atoms with E-state index in [1.54, 1.807) is 0 Å². The van der Waals surface area contributed by atoms with E-state index in [9.17, 15) is 8.42 Å². The molecule has 0 bridgehead atoms. The van der Waals surface area contributed by atoms with Crippen LogP contribution < -0.4 is 0 Å². The first-order valence-corrected chi connectivity index (χ1v) is 6.39. The number of hydrogen-bond acceptors (Lipinski definition) is 4. The van der Waals surface area contributed by atoms with Crippen LogP contribution in [0.3, 0.4) is 0 Å². The van der Waals surface area contributed by atoms with Gasteiger partial charge in [0.25, 0.3) is 0 Å². The summed E-state index contributed by atoms with van der Waals surface area (Å²) in [7, 11) is -3.11. The number of hydrogen-bond donors (Lipinski definition) is 1. The average molecular weight is 208 g/mol. The van der Waals surface area contributed by atoms with E-state index in [1.807, 2.05) is 0 Å². The number of ether oxygens (including phenoxy) is 1. The van der Waals surface area contributed by atoms with Crippen LogP contribution in [0.4, 0.5) is 0 Å². The highest BCUT2D eigenvalue weighted by Crippen LogP contribution is 2.14. The normalized spacial score (nSPS) is 24.5. The van der Waals surface area contributed by atoms with Crippen LogP contribution in [0, 0.1) is 0 Å². The number of aliphatic hydroxyl groups excluding tert-OH is 1. The summed E-state index contributed by atoms with van der Waals surface area (Å²) < 4.78 is 27.8. The smallest absolute Gasteiger partial charge is 0.155 e. The van der Waals surface area contributed by atoms with Gasteiger partial charge < -0.3 is 9.84 Å². The monoisotopic (exact) mass is 208 g/mol. The second-order valence-electron chi connectivity index (χ2n) is 3.33. The van der Waals surface area contributed by atoms with E-state index in [-0.39, 0.29) is 24.2 Å². The molecule has 0 radical (unpaired) electrons. The van der Waals surface area contributed by atoms with Gasteiger partial charge in [0.2, 0.25) is 0 Å². The van der Waals surface area contributed by atoms with Gasteiger partial charge in [-0.1, -0.05) is 0 Å². The maximum Gasteiger partial charge on any atom is 0.155 e. The molecule has 1 fully saturated rings. The Kier molecular flexibility index (Phi) is 4.15. The molecule has 0 spiro atoms. The van der Waals surface area contributed by atoms with E-state index >= 15 is 0 Å². The molecule has 0 aromatic heterocycles. The lowest BCUT2D eigenvalue weighted by Crippen LogP contribution is -2.29. The van der Waals surface area contributed by atoms with Gasteiger partial charge >= 0.3 is 0 Å². The molecule has 1 N–H and O–H groups in total. The predicted molar refractivity (Wildman–Crippen MR) is 49.3 cm³/mol. The van der Waals surface area contributed by atoms with Crippen molar-refractivity contribution in [2.75, 3.05) is 24.7 Å². The van der Waals surface area contributed by atoms with Gasteiger partial charge in [-0.05, 0) is 19.3 Å². The van der Waals surface area contributed by atoms with Crippen molar-refractivity contribution in [1.29, 1.82) is 0 Å². The maximum absolute atomic E-state index is 11.3. The first-order chi connectivity index (χ1) is 6.14. The standard InChI is InChI=1S/C8H16O4S/c9-4-6-13(10,11)7-8-3-1-2-5-12-8/h8-9H,1-7H2/t8-/m0/s1. The quantitative estimate of drug-likeness (QED) is 0.704. The summed E-state index contributed by atoms with van der Waals surface area (Å²) in [6.45, 7) is 0.369. The van der Waals surface area contributed by atoms with Crippen LogP contribution in [0.2, 0.25) is 0 Å². The SMILES string of the molecule is O=S(=O)(CCO)C[C@@H]1CCCCO1. The van der Waals surface area contributed by atoms with Crippen molar-refractivity contribution in [3.8, 4) is 0 Å². The van der Waals surface area contributed by atoms with Gasteiger partial charge in [0.05, 0.1) is 24.2 Å². The fraction of sp³-hybridized carbons (Fsp3) is 1.00. The van der Waals surface area contributed by atoms with Gasteiger partial charge in [-0.15, -0.1) is 0 Å². The third-order valence-corrected chi connectivity index (χ3v) is 3.80. The van der Waals surface area contributed by atoms with Crippen molar-refractivity contribution in [1.82, 2.24) is 0 Å². The summed E-state index contributed by atoms with van der Waals surface area (Å²) in [5.74, 6) is -0.0829. The molecule has 0 saturated carbocycles. The zero-order chi connectivity index (χ0) is 9.73. The highest BCUT2D eigenvalue weighted by Gasteiger charge is 2.21. The molecular weight excluding hydrogens is 192 g/mol. The van der Waals surface area contributed by atoms with Crippen LogP contribution in [0.1, 0.15) is 19.3 Å². The zero-order valence-corrected chi connectivity index (χ0v) is 8.42. The van der Waals surface area contributed by atoms with Crippen molar-refractivity contribution in [2.24, 2.45) is 0 Å². The molecule has 13 heavy (non-hydrogen) atoms. The fourth-order valence-electron chi connectivity index (χ4n) is 1.44. The number of sulfone groups is 1. The molecule has 1 aliphatic heterocycles. The maximum atomic E-state index is 11.3. The largest absolute Gasteiger partial charge is 0.395 e. The molecular formula is C8H16O4S. The Balaban J connectivity index is 2.37. The lowest BCUT2D eigenvalue weighted by molar-refractivity contribution is 0.0305. The Morgan fingerprint density at radius 2 is 2.15 bits per heavy atom. The first-order valence-electron chi connectivity index (χ1n) is 4.57. The van der Waals surface area contributed by atoms with Crippen molar-refractivity contribution in [3.63, 3.8) is 0 Å². The van der Waals surface area contributed by atoms with Crippen molar-refractivity contribution in [3.05, 3.63) is 0 Å². The van der Waals surface area contributed by atoms with Crippen molar-refractivity contribution >= 4 is 9.84 Å². The van der Waals surface area contributed by atoms with E-state index in [0.29, 0.717) is 6.61 Å². The first kappa shape index (κ1) is 10.9. The Bertz CT molecular complexity index is 229. The van der Waals surface area contributed by atoms with E-state index in [2.05, 4.69) is 0 Å². The van der Waals surface area contributed by atoms with E-state index in [4.69, 9.17) is 9.84 Å². The fourth-order valence-corrected chi connectivity index (χ4v) is 2.72. The van der Waals surface area contributed by atoms with E-state index < -0.39 is 9.84 Å². The summed E-state index contributed by atoms with van der Waals surface area (Å²) in [5, 5.41) is 8.51. The van der Waals surface area contributed by atoms with Crippen LogP contribution >= 0.6 is 0 Å². The summed E-state index contributed by atoms with van der Waals surface area (Å²) in [6.07, 6.45) is 2.74. The second kappa shape index (κ2) is 4.93. The molecule has 1 atom stereocenters. The van der Waals surface area contributed by atoms with Gasteiger partial charge in [-0.3, -0.25) is 0 Å². The highest BCUT2D eigenvalue weighted by molar-refractivity contribution is 7.91. The molecule has 1 rings (SSSR count). The summed E-state index contributed by atoms with van der Waals surface area (Å²) in [5.41, 5.74) is 0. The Labute approximate surface area is 78.8 Å². The Hall–Kier alpha value is -0.130. The van der Waals surface area contributed by atoms with Crippen LogP contribution in [-0.4, -0.2) is 44.3 Å². The third-order valence-electron chi connectivity index (χ3n) is 2.12. The molecule has 0 aliphatic carbocycles. The summed E-state index contributed by atoms with van der Waals surface area (Å²) in [6, 6.07) is 0. The molecule has 0 amide bonds. The Morgan fingerprint density at radius 3 is 2.69 bits per heavy atom. The number of aliphatic hydroxyl groups is 1. The zero-order valence-electron chi connectivity index (χ0n) is 7.61. The topological polar surface area (TPSA) is 63.6 Å². The summed E-state index contributed by atoms with van der Waals surface area (Å²) >= 11 is 0. The van der Waals surface area contributed by atoms with Gasteiger partial charge in [-0.25, -0.2) is 8.42 Å². The summed E-state index contributed by atoms with van der Waals surface area (Å²) in [4.78, 5) is 0. The van der Waals surface area contributed by atoms with E-state index in [1.165, 1.54) is 0 Å². The van der Waals surface area contributed by atoms with E-state index in [0.717, 1.165) is 19.3 Å². The lowest BCUT2D eigenvalue weighted by atomic mass is 10.1. The molecule has 5 heteroatoms. The van der Waals surface area contributed by atoms with Crippen molar-refractivity contribution < 1.29 is 18.3 Å². The predicted octanol–water partition coefficient (Wildman–Crippen LogP) is -0.0374. The molecule has 0 unspecified atom stereocenters. The van der Waals surface area contributed by atoms with Gasteiger partial charge in [0.1, 0.15) is 0 Å². The lowest BCUT2D eigenvalue weighted by Gasteiger charge is -2.21. The molecule has 0 aromatic carbocycles. The molecule has 0 aromatic rings. The minimum Gasteiger partial charge on any atom is -0.395 e. The van der Waals surface area contributed by atoms with Gasteiger partial charge in [-0.2, -0.15) is 0 Å². The molecule has 78 valence electrons. The number of rotatable bonds is 4. The minimum absolute atomic E-state index is 0.0631. The average Bonchev–Trinajstić information content (AvgIpc) is 2.04. The highest BCUT2D eigenvalue weighted by atomic mass is 32.2. The molecule has 4 nitrogen and oxygen atoms in total. The van der Waals surface area contributed by atoms with Crippen molar-refractivity contribution in [2.45, 2.75) is 25.4 Å². The second-order valence-corrected chi connectivity index (χ2v) is 5.56. The molecule has 1 aliphatic rings. The minimum atomic E-state index is -3.11. The van der Waals surface area contributed by atoms with Crippen LogP contribution in [0.15, 0.2) is 0 Å². The van der Waals surface area contributed by atoms with Crippen LogP contribution in [0.5, 0.6) is 0 Å².